The summed E-state index contributed by atoms with van der Waals surface area (Å²) in [6.45, 7) is 7.78. The summed E-state index contributed by atoms with van der Waals surface area (Å²) in [6, 6.07) is 4.81. The highest BCUT2D eigenvalue weighted by molar-refractivity contribution is 5.83. The molecule has 0 radical (unpaired) electrons. The zero-order valence-corrected chi connectivity index (χ0v) is 12.4. The number of carbonyl (C=O) groups excluding carboxylic acids is 2. The Bertz CT molecular complexity index is 485. The number of amides is 1. The summed E-state index contributed by atoms with van der Waals surface area (Å²) in [7, 11) is 0. The van der Waals surface area contributed by atoms with Crippen LogP contribution in [0, 0.1) is 13.8 Å². The van der Waals surface area contributed by atoms with E-state index in [1.54, 1.807) is 13.8 Å². The third-order valence-corrected chi connectivity index (χ3v) is 2.80. The maximum atomic E-state index is 12.0. The van der Waals surface area contributed by atoms with Gasteiger partial charge < -0.3 is 14.8 Å². The number of esters is 1. The fraction of sp³-hybridized carbons (Fsp3) is 0.467. The minimum absolute atomic E-state index is 0.244. The van der Waals surface area contributed by atoms with E-state index in [2.05, 4.69) is 5.32 Å². The Hall–Kier alpha value is -2.04. The van der Waals surface area contributed by atoms with E-state index in [0.717, 1.165) is 11.1 Å². The van der Waals surface area contributed by atoms with Crippen molar-refractivity contribution in [2.45, 2.75) is 33.7 Å². The van der Waals surface area contributed by atoms with E-state index in [1.807, 2.05) is 32.0 Å². The second-order valence-electron chi connectivity index (χ2n) is 4.41. The van der Waals surface area contributed by atoms with Crippen LogP contribution in [0.25, 0.3) is 0 Å². The first-order valence-electron chi connectivity index (χ1n) is 6.66. The largest absolute Gasteiger partial charge is 0.464 e. The van der Waals surface area contributed by atoms with Crippen molar-refractivity contribution < 1.29 is 19.1 Å². The molecule has 0 saturated heterocycles. The average molecular weight is 279 g/mol. The number of hydrogen-bond acceptors (Lipinski definition) is 4. The summed E-state index contributed by atoms with van der Waals surface area (Å²) in [6.07, 6.45) is -0.634. The van der Waals surface area contributed by atoms with Gasteiger partial charge >= 0.3 is 12.1 Å². The summed E-state index contributed by atoms with van der Waals surface area (Å²) >= 11 is 0. The molecule has 0 aliphatic carbocycles. The zero-order chi connectivity index (χ0) is 15.1. The molecule has 5 nitrogen and oxygen atoms in total. The van der Waals surface area contributed by atoms with E-state index in [4.69, 9.17) is 9.47 Å². The van der Waals surface area contributed by atoms with Crippen molar-refractivity contribution in [3.63, 3.8) is 0 Å². The van der Waals surface area contributed by atoms with Crippen molar-refractivity contribution in [3.8, 4) is 0 Å². The van der Waals surface area contributed by atoms with E-state index in [-0.39, 0.29) is 13.2 Å². The first kappa shape index (κ1) is 16.0. The molecule has 0 heterocycles. The summed E-state index contributed by atoms with van der Waals surface area (Å²) in [5, 5.41) is 2.54. The van der Waals surface area contributed by atoms with Crippen LogP contribution in [0.2, 0.25) is 0 Å². The molecule has 1 atom stereocenters. The van der Waals surface area contributed by atoms with Gasteiger partial charge in [0.05, 0.1) is 13.2 Å². The lowest BCUT2D eigenvalue weighted by Gasteiger charge is -2.19. The number of rotatable bonds is 5. The van der Waals surface area contributed by atoms with Crippen molar-refractivity contribution in [2.24, 2.45) is 0 Å². The number of ether oxygens (including phenoxy) is 2. The highest BCUT2D eigenvalue weighted by atomic mass is 16.6. The molecule has 0 aromatic heterocycles. The summed E-state index contributed by atoms with van der Waals surface area (Å²) in [4.78, 5) is 23.6. The Morgan fingerprint density at radius 3 is 2.35 bits per heavy atom. The van der Waals surface area contributed by atoms with Crippen LogP contribution in [0.4, 0.5) is 4.79 Å². The Labute approximate surface area is 119 Å². The van der Waals surface area contributed by atoms with Crippen molar-refractivity contribution >= 4 is 12.1 Å². The smallest absolute Gasteiger partial charge is 0.408 e. The molecule has 1 rings (SSSR count). The van der Waals surface area contributed by atoms with E-state index in [1.165, 1.54) is 0 Å². The standard InChI is InChI=1S/C15H21NO4/c1-5-19-14(17)13(16-15(18)20-6-2)12-8-7-10(3)9-11(12)4/h7-9,13H,5-6H2,1-4H3,(H,16,18)/t13-/m0/s1. The lowest BCUT2D eigenvalue weighted by molar-refractivity contribution is -0.145. The molecular formula is C15H21NO4. The predicted octanol–water partition coefficient (Wildman–Crippen LogP) is 2.65. The highest BCUT2D eigenvalue weighted by Gasteiger charge is 2.26. The van der Waals surface area contributed by atoms with Gasteiger partial charge in [-0.25, -0.2) is 9.59 Å². The maximum Gasteiger partial charge on any atom is 0.408 e. The zero-order valence-electron chi connectivity index (χ0n) is 12.4. The Balaban J connectivity index is 3.02. The summed E-state index contributed by atoms with van der Waals surface area (Å²) in [5.74, 6) is -0.493. The van der Waals surface area contributed by atoms with Gasteiger partial charge in [-0.1, -0.05) is 23.8 Å². The van der Waals surface area contributed by atoms with Crippen molar-refractivity contribution in [3.05, 3.63) is 34.9 Å². The molecule has 0 saturated carbocycles. The number of aryl methyl sites for hydroxylation is 2. The fourth-order valence-electron chi connectivity index (χ4n) is 1.93. The van der Waals surface area contributed by atoms with Crippen LogP contribution in [0.15, 0.2) is 18.2 Å². The van der Waals surface area contributed by atoms with Gasteiger partial charge in [0, 0.05) is 0 Å². The van der Waals surface area contributed by atoms with Gasteiger partial charge in [0.25, 0.3) is 0 Å². The number of benzene rings is 1. The third kappa shape index (κ3) is 4.26. The van der Waals surface area contributed by atoms with Gasteiger partial charge in [0.1, 0.15) is 0 Å². The van der Waals surface area contributed by atoms with Crippen LogP contribution in [0.1, 0.15) is 36.6 Å². The van der Waals surface area contributed by atoms with E-state index < -0.39 is 18.1 Å². The quantitative estimate of drug-likeness (QED) is 0.842. The number of nitrogens with one attached hydrogen (secondary N) is 1. The van der Waals surface area contributed by atoms with Crippen molar-refractivity contribution in [1.82, 2.24) is 5.32 Å². The SMILES string of the molecule is CCOC(=O)N[C@H](C(=O)OCC)c1ccc(C)cc1C. The van der Waals surface area contributed by atoms with Crippen molar-refractivity contribution in [2.75, 3.05) is 13.2 Å². The van der Waals surface area contributed by atoms with Gasteiger partial charge in [0.15, 0.2) is 6.04 Å². The van der Waals surface area contributed by atoms with Gasteiger partial charge in [-0.3, -0.25) is 0 Å². The maximum absolute atomic E-state index is 12.0. The molecule has 1 amide bonds. The van der Waals surface area contributed by atoms with E-state index in [9.17, 15) is 9.59 Å². The van der Waals surface area contributed by atoms with Gasteiger partial charge in [-0.15, -0.1) is 0 Å². The molecule has 0 bridgehead atoms. The molecule has 0 fully saturated rings. The molecule has 110 valence electrons. The highest BCUT2D eigenvalue weighted by Crippen LogP contribution is 2.20. The number of hydrogen-bond donors (Lipinski definition) is 1. The number of carbonyl (C=O) groups is 2. The average Bonchev–Trinajstić information content (AvgIpc) is 2.37. The van der Waals surface area contributed by atoms with Crippen LogP contribution in [-0.4, -0.2) is 25.3 Å². The molecule has 0 aliphatic rings. The normalized spacial score (nSPS) is 11.6. The minimum atomic E-state index is -0.852. The monoisotopic (exact) mass is 279 g/mol. The summed E-state index contributed by atoms with van der Waals surface area (Å²) in [5.41, 5.74) is 2.71. The molecule has 1 aromatic carbocycles. The van der Waals surface area contributed by atoms with Crippen LogP contribution in [-0.2, 0) is 14.3 Å². The molecular weight excluding hydrogens is 258 g/mol. The van der Waals surface area contributed by atoms with Crippen LogP contribution >= 0.6 is 0 Å². The molecule has 20 heavy (non-hydrogen) atoms. The van der Waals surface area contributed by atoms with E-state index >= 15 is 0 Å². The molecule has 1 aromatic rings. The minimum Gasteiger partial charge on any atom is -0.464 e. The molecule has 5 heteroatoms. The first-order valence-corrected chi connectivity index (χ1v) is 6.66. The Morgan fingerprint density at radius 1 is 1.15 bits per heavy atom. The van der Waals surface area contributed by atoms with Crippen molar-refractivity contribution in [1.29, 1.82) is 0 Å². The topological polar surface area (TPSA) is 64.6 Å². The van der Waals surface area contributed by atoms with Crippen LogP contribution < -0.4 is 5.32 Å². The first-order chi connectivity index (χ1) is 9.49. The molecule has 0 spiro atoms. The third-order valence-electron chi connectivity index (χ3n) is 2.80. The Kier molecular flexibility index (Phi) is 6.03. The van der Waals surface area contributed by atoms with Crippen LogP contribution in [0.5, 0.6) is 0 Å². The van der Waals surface area contributed by atoms with Gasteiger partial charge in [-0.2, -0.15) is 0 Å². The number of alkyl carbamates (subject to hydrolysis) is 1. The molecule has 0 aliphatic heterocycles. The van der Waals surface area contributed by atoms with Gasteiger partial charge in [0.2, 0.25) is 0 Å². The summed E-state index contributed by atoms with van der Waals surface area (Å²) < 4.78 is 9.84. The second kappa shape index (κ2) is 7.53. The van der Waals surface area contributed by atoms with E-state index in [0.29, 0.717) is 5.56 Å². The lowest BCUT2D eigenvalue weighted by Crippen LogP contribution is -2.35. The fourth-order valence-corrected chi connectivity index (χ4v) is 1.93. The van der Waals surface area contributed by atoms with Gasteiger partial charge in [-0.05, 0) is 38.8 Å². The molecule has 1 N–H and O–H groups in total. The lowest BCUT2D eigenvalue weighted by atomic mass is 9.99. The Morgan fingerprint density at radius 2 is 1.80 bits per heavy atom. The second-order valence-corrected chi connectivity index (χ2v) is 4.41. The molecule has 0 unspecified atom stereocenters. The predicted molar refractivity (Wildman–Crippen MR) is 75.4 cm³/mol. The van der Waals surface area contributed by atoms with Crippen LogP contribution in [0.3, 0.4) is 0 Å².